The van der Waals surface area contributed by atoms with E-state index < -0.39 is 14.9 Å². The van der Waals surface area contributed by atoms with Gasteiger partial charge in [-0.15, -0.1) is 0 Å². The number of halogens is 1. The number of nitrogens with zero attached hydrogens (tertiary/aromatic N) is 6. The summed E-state index contributed by atoms with van der Waals surface area (Å²) in [6, 6.07) is 12.6. The van der Waals surface area contributed by atoms with Gasteiger partial charge in [-0.1, -0.05) is 29.8 Å². The molecule has 0 spiro atoms. The minimum Gasteiger partial charge on any atom is -0.345 e. The van der Waals surface area contributed by atoms with E-state index in [0.717, 1.165) is 0 Å². The third-order valence-electron chi connectivity index (χ3n) is 5.40. The van der Waals surface area contributed by atoms with E-state index in [0.29, 0.717) is 48.1 Å². The van der Waals surface area contributed by atoms with Gasteiger partial charge in [-0.2, -0.15) is 13.9 Å². The van der Waals surface area contributed by atoms with Crippen LogP contribution in [0.4, 0.5) is 10.8 Å². The summed E-state index contributed by atoms with van der Waals surface area (Å²) in [5, 5.41) is 20.9. The number of hydrogen-bond acceptors (Lipinski definition) is 9. The maximum absolute atomic E-state index is 13.2. The van der Waals surface area contributed by atoms with Gasteiger partial charge in [0.05, 0.1) is 21.6 Å². The number of anilines is 1. The van der Waals surface area contributed by atoms with E-state index in [9.17, 15) is 18.5 Å². The quantitative estimate of drug-likeness (QED) is 0.357. The summed E-state index contributed by atoms with van der Waals surface area (Å²) in [6.07, 6.45) is 0.811. The number of aromatic nitrogens is 2. The molecule has 176 valence electrons. The molecular formula is C21H19ClN6O4S2. The zero-order chi connectivity index (χ0) is 24.3. The molecule has 2 heterocycles. The molecule has 0 unspecified atom stereocenters. The van der Waals surface area contributed by atoms with Crippen LogP contribution >= 0.6 is 23.1 Å². The second-order valence-electron chi connectivity index (χ2n) is 7.56. The van der Waals surface area contributed by atoms with Crippen molar-refractivity contribution in [2.24, 2.45) is 0 Å². The van der Waals surface area contributed by atoms with Crippen LogP contribution in [0.3, 0.4) is 0 Å². The van der Waals surface area contributed by atoms with Gasteiger partial charge in [0.25, 0.3) is 5.69 Å². The van der Waals surface area contributed by atoms with Crippen molar-refractivity contribution >= 4 is 44.0 Å². The first kappa shape index (κ1) is 24.0. The number of sulfonamides is 1. The Labute approximate surface area is 205 Å². The van der Waals surface area contributed by atoms with Crippen LogP contribution in [-0.2, 0) is 16.4 Å². The van der Waals surface area contributed by atoms with E-state index in [4.69, 9.17) is 16.9 Å². The molecule has 1 aliphatic rings. The Morgan fingerprint density at radius 3 is 2.71 bits per heavy atom. The number of nitro benzene ring substituents is 1. The van der Waals surface area contributed by atoms with Gasteiger partial charge in [-0.05, 0) is 24.6 Å². The third-order valence-corrected chi connectivity index (χ3v) is 8.59. The van der Waals surface area contributed by atoms with Crippen LogP contribution in [0.1, 0.15) is 23.4 Å². The number of benzene rings is 2. The Balaban J connectivity index is 1.47. The molecule has 0 N–H and O–H groups in total. The largest absolute Gasteiger partial charge is 0.345 e. The summed E-state index contributed by atoms with van der Waals surface area (Å²) in [6.45, 7) is 1.55. The number of nitro groups is 1. The first-order valence-corrected chi connectivity index (χ1v) is 12.9. The molecule has 1 aliphatic heterocycles. The standard InChI is InChI=1S/C21H19ClN6O4S2/c22-17-12-15(14-23)6-7-19(17)34(31,32)27-9-3-8-26(10-11-27)21-24-20(25-33-21)13-16-4-1-2-5-18(16)28(29)30/h1-2,4-7,12H,3,8-11,13H2. The zero-order valence-corrected chi connectivity index (χ0v) is 20.2. The van der Waals surface area contributed by atoms with Crippen LogP contribution in [0.25, 0.3) is 0 Å². The molecule has 3 aromatic rings. The Bertz CT molecular complexity index is 1370. The molecule has 2 aromatic carbocycles. The molecule has 1 aromatic heterocycles. The predicted molar refractivity (Wildman–Crippen MR) is 128 cm³/mol. The fourth-order valence-electron chi connectivity index (χ4n) is 3.70. The maximum atomic E-state index is 13.2. The number of rotatable bonds is 6. The molecule has 0 amide bonds. The van der Waals surface area contributed by atoms with Crippen molar-refractivity contribution in [1.29, 1.82) is 5.26 Å². The van der Waals surface area contributed by atoms with Crippen molar-refractivity contribution in [3.63, 3.8) is 0 Å². The van der Waals surface area contributed by atoms with Gasteiger partial charge in [0.15, 0.2) is 0 Å². The second kappa shape index (κ2) is 10.0. The third kappa shape index (κ3) is 5.02. The van der Waals surface area contributed by atoms with E-state index >= 15 is 0 Å². The molecule has 0 saturated carbocycles. The lowest BCUT2D eigenvalue weighted by Gasteiger charge is -2.21. The Hall–Kier alpha value is -3.11. The monoisotopic (exact) mass is 518 g/mol. The summed E-state index contributed by atoms with van der Waals surface area (Å²) in [7, 11) is -3.83. The van der Waals surface area contributed by atoms with Crippen LogP contribution in [-0.4, -0.2) is 53.2 Å². The first-order valence-electron chi connectivity index (χ1n) is 10.3. The van der Waals surface area contributed by atoms with Gasteiger partial charge >= 0.3 is 0 Å². The number of hydrogen-bond donors (Lipinski definition) is 0. The van der Waals surface area contributed by atoms with Gasteiger partial charge < -0.3 is 4.90 Å². The van der Waals surface area contributed by atoms with Crippen molar-refractivity contribution < 1.29 is 13.3 Å². The van der Waals surface area contributed by atoms with Gasteiger partial charge in [0.1, 0.15) is 10.7 Å². The molecule has 4 rings (SSSR count). The molecule has 1 saturated heterocycles. The van der Waals surface area contributed by atoms with Crippen molar-refractivity contribution in [2.45, 2.75) is 17.7 Å². The molecule has 0 aliphatic carbocycles. The van der Waals surface area contributed by atoms with Crippen LogP contribution in [0.5, 0.6) is 0 Å². The van der Waals surface area contributed by atoms with E-state index in [1.807, 2.05) is 11.0 Å². The lowest BCUT2D eigenvalue weighted by molar-refractivity contribution is -0.385. The van der Waals surface area contributed by atoms with Crippen LogP contribution in [0.2, 0.25) is 5.02 Å². The molecule has 10 nitrogen and oxygen atoms in total. The van der Waals surface area contributed by atoms with Gasteiger partial charge in [0, 0.05) is 55.8 Å². The summed E-state index contributed by atoms with van der Waals surface area (Å²) >= 11 is 7.34. The van der Waals surface area contributed by atoms with Gasteiger partial charge in [-0.25, -0.2) is 13.4 Å². The lowest BCUT2D eigenvalue weighted by atomic mass is 10.1. The van der Waals surface area contributed by atoms with Crippen LogP contribution < -0.4 is 4.90 Å². The van der Waals surface area contributed by atoms with Crippen molar-refractivity contribution in [3.8, 4) is 6.07 Å². The van der Waals surface area contributed by atoms with Crippen molar-refractivity contribution in [3.05, 3.63) is 74.6 Å². The van der Waals surface area contributed by atoms with Crippen molar-refractivity contribution in [2.75, 3.05) is 31.1 Å². The minimum absolute atomic E-state index is 0.0175. The molecule has 13 heteroatoms. The second-order valence-corrected chi connectivity index (χ2v) is 10.6. The van der Waals surface area contributed by atoms with Crippen molar-refractivity contribution in [1.82, 2.24) is 13.7 Å². The van der Waals surface area contributed by atoms with Crippen LogP contribution in [0, 0.1) is 21.4 Å². The summed E-state index contributed by atoms with van der Waals surface area (Å²) in [5.41, 5.74) is 0.846. The van der Waals surface area contributed by atoms with E-state index in [-0.39, 0.29) is 28.6 Å². The Morgan fingerprint density at radius 2 is 1.97 bits per heavy atom. The van der Waals surface area contributed by atoms with E-state index in [1.165, 1.54) is 40.1 Å². The normalized spacial score (nSPS) is 15.0. The number of para-hydroxylation sites is 1. The Kier molecular flexibility index (Phi) is 7.08. The topological polar surface area (TPSA) is 133 Å². The predicted octanol–water partition coefficient (Wildman–Crippen LogP) is 3.46. The number of nitriles is 1. The minimum atomic E-state index is -3.83. The fraction of sp³-hybridized carbons (Fsp3) is 0.286. The maximum Gasteiger partial charge on any atom is 0.273 e. The molecule has 0 atom stereocenters. The SMILES string of the molecule is N#Cc1ccc(S(=O)(=O)N2CCCN(c3nc(Cc4ccccc4[N+](=O)[O-])ns3)CC2)c(Cl)c1. The molecule has 1 fully saturated rings. The molecule has 0 radical (unpaired) electrons. The average molecular weight is 519 g/mol. The Morgan fingerprint density at radius 1 is 1.18 bits per heavy atom. The highest BCUT2D eigenvalue weighted by Crippen LogP contribution is 2.28. The first-order chi connectivity index (χ1) is 16.3. The van der Waals surface area contributed by atoms with Gasteiger partial charge in [0.2, 0.25) is 15.2 Å². The lowest BCUT2D eigenvalue weighted by Crippen LogP contribution is -2.35. The highest BCUT2D eigenvalue weighted by Gasteiger charge is 2.29. The summed E-state index contributed by atoms with van der Waals surface area (Å²) in [4.78, 5) is 17.3. The van der Waals surface area contributed by atoms with E-state index in [2.05, 4.69) is 9.36 Å². The van der Waals surface area contributed by atoms with Crippen LogP contribution in [0.15, 0.2) is 47.4 Å². The summed E-state index contributed by atoms with van der Waals surface area (Å²) < 4.78 is 32.1. The van der Waals surface area contributed by atoms with E-state index in [1.54, 1.807) is 18.2 Å². The molecule has 0 bridgehead atoms. The fourth-order valence-corrected chi connectivity index (χ4v) is 6.42. The zero-order valence-electron chi connectivity index (χ0n) is 17.8. The highest BCUT2D eigenvalue weighted by molar-refractivity contribution is 7.89. The molecular weight excluding hydrogens is 500 g/mol. The average Bonchev–Trinajstić information content (AvgIpc) is 3.12. The smallest absolute Gasteiger partial charge is 0.273 e. The van der Waals surface area contributed by atoms with Gasteiger partial charge in [-0.3, -0.25) is 10.1 Å². The summed E-state index contributed by atoms with van der Waals surface area (Å²) in [5.74, 6) is 0.479. The molecule has 34 heavy (non-hydrogen) atoms. The highest BCUT2D eigenvalue weighted by atomic mass is 35.5.